The summed E-state index contributed by atoms with van der Waals surface area (Å²) in [7, 11) is -3.74. The van der Waals surface area contributed by atoms with Crippen molar-refractivity contribution in [2.75, 3.05) is 19.6 Å². The van der Waals surface area contributed by atoms with Crippen molar-refractivity contribution in [3.05, 3.63) is 0 Å². The monoisotopic (exact) mass is 361 g/mol. The predicted molar refractivity (Wildman–Crippen MR) is 88.7 cm³/mol. The van der Waals surface area contributed by atoms with E-state index in [1.54, 1.807) is 30.6 Å². The summed E-state index contributed by atoms with van der Waals surface area (Å²) < 4.78 is 28.5. The van der Waals surface area contributed by atoms with Crippen molar-refractivity contribution in [1.29, 1.82) is 0 Å². The molecule has 2 atom stereocenters. The van der Waals surface area contributed by atoms with Crippen molar-refractivity contribution in [1.82, 2.24) is 9.80 Å². The maximum atomic E-state index is 12.3. The normalized spacial score (nSPS) is 26.4. The summed E-state index contributed by atoms with van der Waals surface area (Å²) >= 11 is 0. The summed E-state index contributed by atoms with van der Waals surface area (Å²) in [5.74, 6) is -0.218. The summed E-state index contributed by atoms with van der Waals surface area (Å²) in [6.45, 7) is 6.46. The predicted octanol–water partition coefficient (Wildman–Crippen LogP) is 0.665. The summed E-state index contributed by atoms with van der Waals surface area (Å²) in [5, 5.41) is 4.32. The van der Waals surface area contributed by atoms with Crippen molar-refractivity contribution in [2.24, 2.45) is 5.14 Å². The van der Waals surface area contributed by atoms with E-state index in [4.69, 9.17) is 9.88 Å². The number of amides is 2. The minimum Gasteiger partial charge on any atom is -0.444 e. The van der Waals surface area contributed by atoms with Crippen LogP contribution in [0.1, 0.15) is 46.5 Å². The lowest BCUT2D eigenvalue weighted by molar-refractivity contribution is -0.130. The van der Waals surface area contributed by atoms with Crippen molar-refractivity contribution >= 4 is 22.0 Å². The fourth-order valence-electron chi connectivity index (χ4n) is 3.14. The molecule has 2 unspecified atom stereocenters. The molecule has 0 aromatic carbocycles. The first-order chi connectivity index (χ1) is 11.0. The highest BCUT2D eigenvalue weighted by Gasteiger charge is 2.41. The number of nitrogens with two attached hydrogens (primary N) is 1. The maximum Gasteiger partial charge on any atom is 0.410 e. The summed E-state index contributed by atoms with van der Waals surface area (Å²) in [6.07, 6.45) is 1.96. The van der Waals surface area contributed by atoms with Crippen molar-refractivity contribution in [3.63, 3.8) is 0 Å². The zero-order valence-electron chi connectivity index (χ0n) is 14.5. The zero-order valence-corrected chi connectivity index (χ0v) is 15.3. The molecule has 2 aliphatic rings. The number of nitrogens with zero attached hydrogens (tertiary/aromatic N) is 2. The van der Waals surface area contributed by atoms with Crippen LogP contribution >= 0.6 is 0 Å². The third kappa shape index (κ3) is 4.83. The molecule has 2 fully saturated rings. The number of hydrogen-bond acceptors (Lipinski definition) is 5. The van der Waals surface area contributed by atoms with Crippen LogP contribution in [0, 0.1) is 0 Å². The molecule has 9 heteroatoms. The van der Waals surface area contributed by atoms with Gasteiger partial charge in [0, 0.05) is 32.1 Å². The Labute approximate surface area is 143 Å². The van der Waals surface area contributed by atoms with E-state index < -0.39 is 27.0 Å². The average molecular weight is 361 g/mol. The van der Waals surface area contributed by atoms with Crippen LogP contribution in [0.4, 0.5) is 4.79 Å². The molecule has 24 heavy (non-hydrogen) atoms. The number of primary sulfonamides is 1. The lowest BCUT2D eigenvalue weighted by Gasteiger charge is -2.32. The molecular weight excluding hydrogens is 334 g/mol. The van der Waals surface area contributed by atoms with Gasteiger partial charge in [-0.1, -0.05) is 0 Å². The van der Waals surface area contributed by atoms with Gasteiger partial charge in [-0.3, -0.25) is 4.79 Å². The van der Waals surface area contributed by atoms with Gasteiger partial charge < -0.3 is 14.5 Å². The third-order valence-electron chi connectivity index (χ3n) is 4.33. The summed E-state index contributed by atoms with van der Waals surface area (Å²) in [5.41, 5.74) is -0.582. The van der Waals surface area contributed by atoms with Gasteiger partial charge in [-0.05, 0) is 40.0 Å². The fraction of sp³-hybridized carbons (Fsp3) is 0.867. The number of carbonyl (C=O) groups excluding carboxylic acids is 2. The number of hydrogen-bond donors (Lipinski definition) is 1. The Bertz CT molecular complexity index is 599. The van der Waals surface area contributed by atoms with Crippen molar-refractivity contribution in [3.8, 4) is 0 Å². The zero-order chi connectivity index (χ0) is 18.1. The average Bonchev–Trinajstić information content (AvgIpc) is 2.67. The first-order valence-corrected chi connectivity index (χ1v) is 9.87. The molecule has 0 aliphatic carbocycles. The largest absolute Gasteiger partial charge is 0.444 e. The van der Waals surface area contributed by atoms with Crippen LogP contribution in [0.25, 0.3) is 0 Å². The molecule has 138 valence electrons. The summed E-state index contributed by atoms with van der Waals surface area (Å²) in [6, 6.07) is -0.195. The Balaban J connectivity index is 2.07. The first-order valence-electron chi connectivity index (χ1n) is 8.26. The van der Waals surface area contributed by atoms with E-state index in [1.165, 1.54) is 0 Å². The van der Waals surface area contributed by atoms with Gasteiger partial charge in [0.2, 0.25) is 15.9 Å². The van der Waals surface area contributed by atoms with Crippen molar-refractivity contribution in [2.45, 2.75) is 63.3 Å². The fourth-order valence-corrected chi connectivity index (χ4v) is 3.88. The smallest absolute Gasteiger partial charge is 0.410 e. The van der Waals surface area contributed by atoms with E-state index in [2.05, 4.69) is 0 Å². The van der Waals surface area contributed by atoms with Gasteiger partial charge in [0.15, 0.2) is 0 Å². The van der Waals surface area contributed by atoms with E-state index in [0.717, 1.165) is 19.3 Å². The number of rotatable bonds is 2. The van der Waals surface area contributed by atoms with Gasteiger partial charge in [0.05, 0.1) is 0 Å². The van der Waals surface area contributed by atoms with Gasteiger partial charge >= 0.3 is 6.09 Å². The Morgan fingerprint density at radius 2 is 1.92 bits per heavy atom. The molecule has 2 saturated heterocycles. The van der Waals surface area contributed by atoms with E-state index in [-0.39, 0.29) is 24.9 Å². The van der Waals surface area contributed by atoms with Crippen LogP contribution < -0.4 is 5.14 Å². The molecule has 0 aromatic rings. The minimum atomic E-state index is -3.74. The SMILES string of the molecule is CC(C)(C)OC(=O)N1CCCCC(N2CC(S(N)(=O)=O)CC2=O)C1. The molecule has 2 amide bonds. The summed E-state index contributed by atoms with van der Waals surface area (Å²) in [4.78, 5) is 27.7. The highest BCUT2D eigenvalue weighted by molar-refractivity contribution is 7.89. The molecule has 0 aromatic heterocycles. The van der Waals surface area contributed by atoms with Crippen LogP contribution in [0.3, 0.4) is 0 Å². The van der Waals surface area contributed by atoms with Crippen molar-refractivity contribution < 1.29 is 22.7 Å². The van der Waals surface area contributed by atoms with Gasteiger partial charge in [0.1, 0.15) is 10.9 Å². The van der Waals surface area contributed by atoms with Crippen LogP contribution in [0.2, 0.25) is 0 Å². The van der Waals surface area contributed by atoms with Gasteiger partial charge in [-0.2, -0.15) is 0 Å². The molecule has 0 bridgehead atoms. The van der Waals surface area contributed by atoms with Crippen LogP contribution in [-0.2, 0) is 19.6 Å². The number of carbonyl (C=O) groups is 2. The third-order valence-corrected chi connectivity index (χ3v) is 5.57. The second-order valence-electron chi connectivity index (χ2n) is 7.54. The molecular formula is C15H27N3O5S. The lowest BCUT2D eigenvalue weighted by Crippen LogP contribution is -2.47. The minimum absolute atomic E-state index is 0.0816. The first kappa shape index (κ1) is 19.0. The molecule has 2 aliphatic heterocycles. The number of ether oxygens (including phenoxy) is 1. The molecule has 2 N–H and O–H groups in total. The lowest BCUT2D eigenvalue weighted by atomic mass is 10.1. The Morgan fingerprint density at radius 3 is 2.46 bits per heavy atom. The Kier molecular flexibility index (Phi) is 5.44. The molecule has 0 saturated carbocycles. The number of likely N-dealkylation sites (tertiary alicyclic amines) is 2. The van der Waals surface area contributed by atoms with Gasteiger partial charge in [0.25, 0.3) is 0 Å². The molecule has 0 radical (unpaired) electrons. The second kappa shape index (κ2) is 6.87. The Morgan fingerprint density at radius 1 is 1.25 bits per heavy atom. The van der Waals surface area contributed by atoms with E-state index >= 15 is 0 Å². The van der Waals surface area contributed by atoms with E-state index in [9.17, 15) is 18.0 Å². The highest BCUT2D eigenvalue weighted by Crippen LogP contribution is 2.25. The van der Waals surface area contributed by atoms with Crippen LogP contribution in [0.5, 0.6) is 0 Å². The standard InChI is InChI=1S/C15H27N3O5S/c1-15(2,3)23-14(20)17-7-5-4-6-11(9-17)18-10-12(8-13(18)19)24(16,21)22/h11-12H,4-10H2,1-3H3,(H2,16,21,22). The maximum absolute atomic E-state index is 12.3. The second-order valence-corrected chi connectivity index (χ2v) is 9.38. The highest BCUT2D eigenvalue weighted by atomic mass is 32.2. The van der Waals surface area contributed by atoms with Crippen LogP contribution in [0.15, 0.2) is 0 Å². The van der Waals surface area contributed by atoms with Gasteiger partial charge in [-0.25, -0.2) is 18.4 Å². The van der Waals surface area contributed by atoms with Gasteiger partial charge in [-0.15, -0.1) is 0 Å². The van der Waals surface area contributed by atoms with Crippen LogP contribution in [-0.4, -0.2) is 66.7 Å². The Hall–Kier alpha value is -1.35. The number of sulfonamides is 1. The topological polar surface area (TPSA) is 110 Å². The quantitative estimate of drug-likeness (QED) is 0.777. The van der Waals surface area contributed by atoms with E-state index in [0.29, 0.717) is 13.1 Å². The molecule has 2 heterocycles. The molecule has 2 rings (SSSR count). The molecule has 8 nitrogen and oxygen atoms in total. The van der Waals surface area contributed by atoms with E-state index in [1.807, 2.05) is 0 Å². The molecule has 0 spiro atoms.